The highest BCUT2D eigenvalue weighted by Gasteiger charge is 2.41. The van der Waals surface area contributed by atoms with Gasteiger partial charge in [-0.25, -0.2) is 4.79 Å². The van der Waals surface area contributed by atoms with Crippen LogP contribution in [0.1, 0.15) is 51.3 Å². The molecule has 0 radical (unpaired) electrons. The first kappa shape index (κ1) is 22.6. The molecule has 5 nitrogen and oxygen atoms in total. The molecule has 0 unspecified atom stereocenters. The van der Waals surface area contributed by atoms with Gasteiger partial charge in [0.15, 0.2) is 0 Å². The predicted octanol–water partition coefficient (Wildman–Crippen LogP) is 5.67. The molecule has 5 heteroatoms. The van der Waals surface area contributed by atoms with Crippen LogP contribution in [0.3, 0.4) is 0 Å². The Balaban J connectivity index is 1.85. The normalized spacial score (nSPS) is 19.0. The number of nitrogens with zero attached hydrogens (tertiary/aromatic N) is 1. The first-order valence-electron chi connectivity index (χ1n) is 10.7. The summed E-state index contributed by atoms with van der Waals surface area (Å²) in [6.07, 6.45) is 3.93. The van der Waals surface area contributed by atoms with Crippen LogP contribution in [-0.2, 0) is 20.9 Å². The van der Waals surface area contributed by atoms with Crippen LogP contribution in [0, 0.1) is 5.92 Å². The number of ether oxygens (including phenoxy) is 2. The van der Waals surface area contributed by atoms with Crippen molar-refractivity contribution in [2.45, 2.75) is 58.4 Å². The maximum Gasteiger partial charge on any atom is 0.411 e. The summed E-state index contributed by atoms with van der Waals surface area (Å²) >= 11 is 0. The summed E-state index contributed by atoms with van der Waals surface area (Å²) in [5.41, 5.74) is 1.30. The van der Waals surface area contributed by atoms with E-state index in [9.17, 15) is 9.59 Å². The van der Waals surface area contributed by atoms with Crippen molar-refractivity contribution >= 4 is 12.1 Å². The molecule has 0 saturated heterocycles. The molecule has 0 N–H and O–H groups in total. The van der Waals surface area contributed by atoms with Crippen LogP contribution in [0.25, 0.3) is 0 Å². The smallest absolute Gasteiger partial charge is 0.411 e. The van der Waals surface area contributed by atoms with Gasteiger partial charge in [-0.3, -0.25) is 9.69 Å². The molecule has 2 aromatic carbocycles. The minimum absolute atomic E-state index is 0.172. The van der Waals surface area contributed by atoms with Crippen LogP contribution >= 0.6 is 0 Å². The predicted molar refractivity (Wildman–Crippen MR) is 120 cm³/mol. The minimum Gasteiger partial charge on any atom is -0.460 e. The van der Waals surface area contributed by atoms with Gasteiger partial charge in [0.25, 0.3) is 0 Å². The van der Waals surface area contributed by atoms with E-state index < -0.39 is 23.7 Å². The zero-order valence-electron chi connectivity index (χ0n) is 18.7. The Bertz CT molecular complexity index is 902. The average Bonchev–Trinajstić information content (AvgIpc) is 3.22. The highest BCUT2D eigenvalue weighted by molar-refractivity contribution is 5.77. The van der Waals surface area contributed by atoms with Crippen molar-refractivity contribution < 1.29 is 19.1 Å². The number of rotatable bonds is 6. The van der Waals surface area contributed by atoms with Crippen LogP contribution in [0.4, 0.5) is 4.79 Å². The maximum atomic E-state index is 13.3. The lowest BCUT2D eigenvalue weighted by atomic mass is 9.97. The van der Waals surface area contributed by atoms with Gasteiger partial charge in [-0.1, -0.05) is 72.8 Å². The fraction of sp³-hybridized carbons (Fsp3) is 0.385. The minimum atomic E-state index is -0.589. The van der Waals surface area contributed by atoms with Gasteiger partial charge in [-0.2, -0.15) is 0 Å². The summed E-state index contributed by atoms with van der Waals surface area (Å²) in [5.74, 6) is -0.765. The SMILES string of the molecule is C[C@@H](c1ccccc1)N(C(=O)OCc1ccccc1)[C@H]1C=CC[C@@H]1C(=O)OC(C)(C)C. The standard InChI is InChI=1S/C26H31NO4/c1-19(21-14-9-6-10-15-21)27(25(29)30-18-20-12-7-5-8-13-20)23-17-11-16-22(23)24(28)31-26(2,3)4/h5-15,17,19,22-23H,16,18H2,1-4H3/t19-,22-,23-/m0/s1. The second-order valence-electron chi connectivity index (χ2n) is 8.83. The van der Waals surface area contributed by atoms with Crippen molar-refractivity contribution in [2.75, 3.05) is 0 Å². The van der Waals surface area contributed by atoms with Crippen LogP contribution in [-0.4, -0.2) is 28.6 Å². The monoisotopic (exact) mass is 421 g/mol. The zero-order valence-corrected chi connectivity index (χ0v) is 18.7. The molecule has 3 atom stereocenters. The molecule has 0 bridgehead atoms. The molecule has 3 rings (SSSR count). The Morgan fingerprint density at radius 3 is 2.26 bits per heavy atom. The molecule has 31 heavy (non-hydrogen) atoms. The van der Waals surface area contributed by atoms with E-state index in [2.05, 4.69) is 0 Å². The summed E-state index contributed by atoms with van der Waals surface area (Å²) in [7, 11) is 0. The van der Waals surface area contributed by atoms with Crippen molar-refractivity contribution in [1.82, 2.24) is 4.90 Å². The molecule has 2 aromatic rings. The molecular weight excluding hydrogens is 390 g/mol. The molecule has 0 fully saturated rings. The number of carbonyl (C=O) groups is 2. The van der Waals surface area contributed by atoms with Crippen LogP contribution in [0.15, 0.2) is 72.8 Å². The number of benzene rings is 2. The number of carbonyl (C=O) groups excluding carboxylic acids is 2. The lowest BCUT2D eigenvalue weighted by Crippen LogP contribution is -2.47. The number of hydrogen-bond acceptors (Lipinski definition) is 4. The number of allylic oxidation sites excluding steroid dienone is 1. The molecule has 0 spiro atoms. The molecule has 0 aliphatic heterocycles. The average molecular weight is 422 g/mol. The number of esters is 1. The van der Waals surface area contributed by atoms with Gasteiger partial charge in [0.05, 0.1) is 18.0 Å². The van der Waals surface area contributed by atoms with E-state index >= 15 is 0 Å². The highest BCUT2D eigenvalue weighted by Crippen LogP contribution is 2.33. The van der Waals surface area contributed by atoms with E-state index in [1.807, 2.05) is 101 Å². The molecule has 1 aliphatic carbocycles. The molecule has 1 amide bonds. The number of amides is 1. The second-order valence-corrected chi connectivity index (χ2v) is 8.83. The van der Waals surface area contributed by atoms with Crippen LogP contribution in [0.2, 0.25) is 0 Å². The molecule has 1 aliphatic rings. The van der Waals surface area contributed by atoms with Crippen LogP contribution in [0.5, 0.6) is 0 Å². The third-order valence-corrected chi connectivity index (χ3v) is 5.28. The molecule has 164 valence electrons. The fourth-order valence-electron chi connectivity index (χ4n) is 3.76. The van der Waals surface area contributed by atoms with E-state index in [0.29, 0.717) is 6.42 Å². The summed E-state index contributed by atoms with van der Waals surface area (Å²) in [4.78, 5) is 27.8. The Morgan fingerprint density at radius 1 is 1.03 bits per heavy atom. The quantitative estimate of drug-likeness (QED) is 0.445. The Kier molecular flexibility index (Phi) is 7.16. The van der Waals surface area contributed by atoms with Gasteiger partial charge in [0.1, 0.15) is 12.2 Å². The summed E-state index contributed by atoms with van der Waals surface area (Å²) < 4.78 is 11.3. The maximum absolute atomic E-state index is 13.3. The van der Waals surface area contributed by atoms with Gasteiger partial charge >= 0.3 is 12.1 Å². The summed E-state index contributed by atoms with van der Waals surface area (Å²) in [6.45, 7) is 7.67. The third-order valence-electron chi connectivity index (χ3n) is 5.28. The Morgan fingerprint density at radius 2 is 1.65 bits per heavy atom. The van der Waals surface area contributed by atoms with Gasteiger partial charge in [-0.05, 0) is 45.2 Å². The summed E-state index contributed by atoms with van der Waals surface area (Å²) in [6, 6.07) is 18.6. The number of hydrogen-bond donors (Lipinski definition) is 0. The van der Waals surface area contributed by atoms with Crippen molar-refractivity contribution in [3.63, 3.8) is 0 Å². The topological polar surface area (TPSA) is 55.8 Å². The first-order chi connectivity index (χ1) is 14.8. The first-order valence-corrected chi connectivity index (χ1v) is 10.7. The van der Waals surface area contributed by atoms with Crippen molar-refractivity contribution in [1.29, 1.82) is 0 Å². The van der Waals surface area contributed by atoms with E-state index in [0.717, 1.165) is 11.1 Å². The van der Waals surface area contributed by atoms with Crippen molar-refractivity contribution in [3.05, 3.63) is 83.9 Å². The van der Waals surface area contributed by atoms with Crippen LogP contribution < -0.4 is 0 Å². The van der Waals surface area contributed by atoms with Gasteiger partial charge in [-0.15, -0.1) is 0 Å². The van der Waals surface area contributed by atoms with E-state index in [1.54, 1.807) is 4.90 Å². The third kappa shape index (κ3) is 5.97. The molecule has 0 saturated carbocycles. The highest BCUT2D eigenvalue weighted by atomic mass is 16.6. The molecule has 0 aromatic heterocycles. The summed E-state index contributed by atoms with van der Waals surface area (Å²) in [5, 5.41) is 0. The van der Waals surface area contributed by atoms with Gasteiger partial charge < -0.3 is 9.47 Å². The van der Waals surface area contributed by atoms with E-state index in [-0.39, 0.29) is 18.6 Å². The molecular formula is C26H31NO4. The largest absolute Gasteiger partial charge is 0.460 e. The zero-order chi connectivity index (χ0) is 22.4. The Hall–Kier alpha value is -3.08. The van der Waals surface area contributed by atoms with E-state index in [4.69, 9.17) is 9.47 Å². The lowest BCUT2D eigenvalue weighted by molar-refractivity contribution is -0.161. The lowest BCUT2D eigenvalue weighted by Gasteiger charge is -2.36. The Labute approximate surface area is 184 Å². The van der Waals surface area contributed by atoms with Crippen molar-refractivity contribution in [3.8, 4) is 0 Å². The second kappa shape index (κ2) is 9.82. The molecule has 0 heterocycles. The van der Waals surface area contributed by atoms with Gasteiger partial charge in [0, 0.05) is 0 Å². The van der Waals surface area contributed by atoms with Crippen molar-refractivity contribution in [2.24, 2.45) is 5.92 Å². The fourth-order valence-corrected chi connectivity index (χ4v) is 3.76. The van der Waals surface area contributed by atoms with E-state index in [1.165, 1.54) is 0 Å². The van der Waals surface area contributed by atoms with Gasteiger partial charge in [0.2, 0.25) is 0 Å².